The number of carbonyl (C=O) groups is 1. The summed E-state index contributed by atoms with van der Waals surface area (Å²) in [6.45, 7) is 1.65. The first-order valence-electron chi connectivity index (χ1n) is 15.4. The second kappa shape index (κ2) is 15.4. The largest absolute Gasteiger partial charge is 0.489 e. The van der Waals surface area contributed by atoms with E-state index in [1.807, 2.05) is 12.1 Å². The Morgan fingerprint density at radius 3 is 2.00 bits per heavy atom. The summed E-state index contributed by atoms with van der Waals surface area (Å²) in [4.78, 5) is 30.8. The van der Waals surface area contributed by atoms with Crippen molar-refractivity contribution in [3.8, 4) is 11.5 Å². The summed E-state index contributed by atoms with van der Waals surface area (Å²) in [5, 5.41) is 1.47. The molecular weight excluding hydrogens is 748 g/mol. The summed E-state index contributed by atoms with van der Waals surface area (Å²) in [6, 6.07) is 23.6. The number of esters is 1. The van der Waals surface area contributed by atoms with Crippen LogP contribution < -0.4 is 24.4 Å². The van der Waals surface area contributed by atoms with Gasteiger partial charge >= 0.3 is 12.1 Å². The van der Waals surface area contributed by atoms with Gasteiger partial charge in [-0.15, -0.1) is 0 Å². The van der Waals surface area contributed by atoms with Crippen LogP contribution >= 0.6 is 46.1 Å². The first-order chi connectivity index (χ1) is 24.4. The number of benzene rings is 4. The third-order valence-electron chi connectivity index (χ3n) is 7.68. The molecule has 262 valence electrons. The van der Waals surface area contributed by atoms with Crippen LogP contribution in [0.3, 0.4) is 0 Å². The Kier molecular flexibility index (Phi) is 10.9. The Morgan fingerprint density at radius 2 is 1.43 bits per heavy atom. The molecule has 0 fully saturated rings. The molecule has 14 heteroatoms. The van der Waals surface area contributed by atoms with E-state index in [0.29, 0.717) is 32.1 Å². The Labute approximate surface area is 308 Å². The van der Waals surface area contributed by atoms with Crippen LogP contribution in [0.15, 0.2) is 112 Å². The number of ether oxygens (including phenoxy) is 3. The topological polar surface area (TPSA) is 79.1 Å². The molecule has 0 radical (unpaired) electrons. The van der Waals surface area contributed by atoms with E-state index in [1.165, 1.54) is 37.3 Å². The number of thiazole rings is 1. The van der Waals surface area contributed by atoms with Crippen LogP contribution in [-0.2, 0) is 22.7 Å². The lowest BCUT2D eigenvalue weighted by atomic mass is 9.95. The summed E-state index contributed by atoms with van der Waals surface area (Å²) in [7, 11) is 0. The predicted molar refractivity (Wildman–Crippen MR) is 190 cm³/mol. The standard InChI is InChI=1S/C37H26Cl3F3N2O5S/c1-2-48-35(47)31-32(23-7-14-27(40)15-8-23)45-34(46)30(51-36(45)44-33(31)37(41,42)43)17-24-9-16-28(49-19-21-3-10-25(38)11-4-21)18-29(24)50-20-22-5-12-26(39)13-6-22/h3-18,32H,2,19-20H2,1H3/b30-17+/t32-/m0/s1. The quantitative estimate of drug-likeness (QED) is 0.133. The lowest BCUT2D eigenvalue weighted by molar-refractivity contribution is -0.140. The lowest BCUT2D eigenvalue weighted by Gasteiger charge is -2.26. The van der Waals surface area contributed by atoms with Crippen LogP contribution in [0.2, 0.25) is 15.1 Å². The van der Waals surface area contributed by atoms with Gasteiger partial charge in [0, 0.05) is 26.7 Å². The van der Waals surface area contributed by atoms with Crippen molar-refractivity contribution in [3.05, 3.63) is 159 Å². The van der Waals surface area contributed by atoms with Crippen LogP contribution in [0.5, 0.6) is 11.5 Å². The van der Waals surface area contributed by atoms with Gasteiger partial charge in [0.1, 0.15) is 24.7 Å². The zero-order chi connectivity index (χ0) is 36.3. The van der Waals surface area contributed by atoms with Crippen LogP contribution in [0, 0.1) is 0 Å². The van der Waals surface area contributed by atoms with Crippen molar-refractivity contribution >= 4 is 58.2 Å². The molecule has 0 aliphatic carbocycles. The summed E-state index contributed by atoms with van der Waals surface area (Å²) in [6.07, 6.45) is -3.53. The maximum absolute atomic E-state index is 14.5. The first kappa shape index (κ1) is 36.2. The lowest BCUT2D eigenvalue weighted by Crippen LogP contribution is -2.41. The van der Waals surface area contributed by atoms with E-state index in [2.05, 4.69) is 4.99 Å². The van der Waals surface area contributed by atoms with Crippen molar-refractivity contribution in [2.75, 3.05) is 6.61 Å². The van der Waals surface area contributed by atoms with E-state index in [-0.39, 0.29) is 34.7 Å². The molecule has 4 aromatic carbocycles. The summed E-state index contributed by atoms with van der Waals surface area (Å²) >= 11 is 18.9. The van der Waals surface area contributed by atoms with Crippen LogP contribution in [0.25, 0.3) is 6.08 Å². The fraction of sp³-hybridized carbons (Fsp3) is 0.162. The number of hydrogen-bond donors (Lipinski definition) is 0. The number of aromatic nitrogens is 1. The molecule has 0 spiro atoms. The molecule has 0 N–H and O–H groups in total. The minimum atomic E-state index is -5.04. The average molecular weight is 774 g/mol. The molecule has 0 bridgehead atoms. The number of halogens is 6. The molecular formula is C37H26Cl3F3N2O5S. The second-order valence-corrected chi connectivity index (χ2v) is 13.5. The highest BCUT2D eigenvalue weighted by molar-refractivity contribution is 7.07. The third kappa shape index (κ3) is 8.34. The number of allylic oxidation sites excluding steroid dienone is 1. The van der Waals surface area contributed by atoms with Crippen LogP contribution in [-0.4, -0.2) is 23.3 Å². The van der Waals surface area contributed by atoms with E-state index < -0.39 is 35.0 Å². The third-order valence-corrected chi connectivity index (χ3v) is 9.42. The van der Waals surface area contributed by atoms with E-state index >= 15 is 0 Å². The van der Waals surface area contributed by atoms with Crippen molar-refractivity contribution in [2.24, 2.45) is 4.99 Å². The summed E-state index contributed by atoms with van der Waals surface area (Å²) in [5.74, 6) is -0.442. The Morgan fingerprint density at radius 1 is 0.863 bits per heavy atom. The zero-order valence-electron chi connectivity index (χ0n) is 26.5. The number of fused-ring (bicyclic) bond motifs is 1. The number of carbonyl (C=O) groups excluding carboxylic acids is 1. The highest BCUT2D eigenvalue weighted by Crippen LogP contribution is 2.38. The molecule has 1 aliphatic heterocycles. The van der Waals surface area contributed by atoms with Gasteiger partial charge in [0.05, 0.1) is 22.8 Å². The second-order valence-electron chi connectivity index (χ2n) is 11.1. The average Bonchev–Trinajstić information content (AvgIpc) is 3.42. The fourth-order valence-electron chi connectivity index (χ4n) is 5.28. The van der Waals surface area contributed by atoms with Crippen LogP contribution in [0.1, 0.15) is 35.2 Å². The number of alkyl halides is 3. The van der Waals surface area contributed by atoms with Crippen LogP contribution in [0.4, 0.5) is 13.2 Å². The van der Waals surface area contributed by atoms with Gasteiger partial charge in [-0.05, 0) is 78.2 Å². The molecule has 0 amide bonds. The maximum atomic E-state index is 14.5. The van der Waals surface area contributed by atoms with Crippen molar-refractivity contribution in [1.29, 1.82) is 0 Å². The summed E-state index contributed by atoms with van der Waals surface area (Å²) in [5.41, 5.74) is -0.580. The van der Waals surface area contributed by atoms with Gasteiger partial charge in [-0.25, -0.2) is 9.79 Å². The normalized spacial score (nSPS) is 14.6. The fourth-order valence-corrected chi connectivity index (χ4v) is 6.65. The van der Waals surface area contributed by atoms with E-state index in [9.17, 15) is 22.8 Å². The van der Waals surface area contributed by atoms with Crippen molar-refractivity contribution in [2.45, 2.75) is 32.4 Å². The molecule has 0 unspecified atom stereocenters. The van der Waals surface area contributed by atoms with E-state index in [0.717, 1.165) is 27.0 Å². The molecule has 0 saturated carbocycles. The highest BCUT2D eigenvalue weighted by atomic mass is 35.5. The smallest absolute Gasteiger partial charge is 0.434 e. The molecule has 1 aliphatic rings. The molecule has 2 heterocycles. The van der Waals surface area contributed by atoms with Crippen molar-refractivity contribution < 1.29 is 32.2 Å². The maximum Gasteiger partial charge on any atom is 0.434 e. The Hall–Kier alpha value is -4.55. The molecule has 0 saturated heterocycles. The Balaban J connectivity index is 1.46. The molecule has 7 nitrogen and oxygen atoms in total. The minimum Gasteiger partial charge on any atom is -0.489 e. The van der Waals surface area contributed by atoms with Gasteiger partial charge in [0.2, 0.25) is 0 Å². The highest BCUT2D eigenvalue weighted by Gasteiger charge is 2.45. The summed E-state index contributed by atoms with van der Waals surface area (Å²) < 4.78 is 61.9. The monoisotopic (exact) mass is 772 g/mol. The Bertz CT molecular complexity index is 2290. The predicted octanol–water partition coefficient (Wildman–Crippen LogP) is 8.46. The zero-order valence-corrected chi connectivity index (χ0v) is 29.6. The van der Waals surface area contributed by atoms with Gasteiger partial charge in [-0.2, -0.15) is 13.2 Å². The molecule has 1 aromatic heterocycles. The van der Waals surface area contributed by atoms with Gasteiger partial charge in [-0.1, -0.05) is 82.5 Å². The van der Waals surface area contributed by atoms with Gasteiger partial charge in [0.25, 0.3) is 5.56 Å². The minimum absolute atomic E-state index is 0.0468. The first-order valence-corrected chi connectivity index (χ1v) is 17.3. The van der Waals surface area contributed by atoms with E-state index in [1.54, 1.807) is 54.6 Å². The van der Waals surface area contributed by atoms with Gasteiger partial charge in [-0.3, -0.25) is 9.36 Å². The molecule has 5 aromatic rings. The molecule has 6 rings (SSSR count). The van der Waals surface area contributed by atoms with Crippen molar-refractivity contribution in [1.82, 2.24) is 4.57 Å². The molecule has 1 atom stereocenters. The number of nitrogens with zero attached hydrogens (tertiary/aromatic N) is 2. The number of rotatable bonds is 10. The van der Waals surface area contributed by atoms with Crippen molar-refractivity contribution in [3.63, 3.8) is 0 Å². The number of hydrogen-bond acceptors (Lipinski definition) is 7. The SMILES string of the molecule is CCOC(=O)C1=C(C(F)(F)F)N=c2s/c(=C/c3ccc(OCc4ccc(Cl)cc4)cc3OCc3ccc(Cl)cc3)c(=O)n2[C@H]1c1ccc(Cl)cc1. The van der Waals surface area contributed by atoms with Gasteiger partial charge < -0.3 is 14.2 Å². The van der Waals surface area contributed by atoms with Gasteiger partial charge in [0.15, 0.2) is 10.5 Å². The molecule has 51 heavy (non-hydrogen) atoms. The van der Waals surface area contributed by atoms with E-state index in [4.69, 9.17) is 49.0 Å².